The summed E-state index contributed by atoms with van der Waals surface area (Å²) >= 11 is 18.4. The van der Waals surface area contributed by atoms with Crippen molar-refractivity contribution in [2.45, 2.75) is 65.5 Å². The zero-order chi connectivity index (χ0) is 28.0. The van der Waals surface area contributed by atoms with Crippen molar-refractivity contribution in [3.8, 4) is 0 Å². The Labute approximate surface area is 238 Å². The number of carbonyl (C=O) groups excluding carboxylic acids is 2. The molecule has 2 aromatic carbocycles. The lowest BCUT2D eigenvalue weighted by molar-refractivity contribution is -0.136. The number of anilines is 1. The van der Waals surface area contributed by atoms with E-state index in [1.807, 2.05) is 17.0 Å². The molecule has 1 aliphatic carbocycles. The molecule has 0 aromatic heterocycles. The van der Waals surface area contributed by atoms with Crippen LogP contribution in [0.3, 0.4) is 0 Å². The number of amides is 3. The Morgan fingerprint density at radius 2 is 1.55 bits per heavy atom. The maximum absolute atomic E-state index is 13.5. The van der Waals surface area contributed by atoms with Crippen molar-refractivity contribution in [3.63, 3.8) is 0 Å². The van der Waals surface area contributed by atoms with E-state index in [0.29, 0.717) is 23.7 Å². The third-order valence-corrected chi connectivity index (χ3v) is 8.25. The van der Waals surface area contributed by atoms with E-state index in [0.717, 1.165) is 31.2 Å². The molecule has 0 spiro atoms. The van der Waals surface area contributed by atoms with E-state index in [1.54, 1.807) is 24.3 Å². The second-order valence-corrected chi connectivity index (χ2v) is 12.0. The first-order chi connectivity index (χ1) is 17.8. The first-order valence-electron chi connectivity index (χ1n) is 12.7. The number of rotatable bonds is 8. The largest absolute Gasteiger partial charge is 0.481 e. The molecule has 0 aliphatic heterocycles. The fourth-order valence-electron chi connectivity index (χ4n) is 4.79. The molecule has 1 aliphatic rings. The second-order valence-electron chi connectivity index (χ2n) is 10.8. The van der Waals surface area contributed by atoms with Gasteiger partial charge in [0.15, 0.2) is 0 Å². The zero-order valence-electron chi connectivity index (χ0n) is 21.8. The zero-order valence-corrected chi connectivity index (χ0v) is 24.1. The second kappa shape index (κ2) is 13.0. The van der Waals surface area contributed by atoms with Gasteiger partial charge in [0.2, 0.25) is 0 Å². The summed E-state index contributed by atoms with van der Waals surface area (Å²) in [5, 5.41) is 15.0. The summed E-state index contributed by atoms with van der Waals surface area (Å²) < 4.78 is 0. The highest BCUT2D eigenvalue weighted by Gasteiger charge is 2.33. The quantitative estimate of drug-likeness (QED) is 0.281. The molecule has 1 saturated carbocycles. The van der Waals surface area contributed by atoms with E-state index < -0.39 is 5.97 Å². The Balaban J connectivity index is 1.76. The van der Waals surface area contributed by atoms with E-state index in [9.17, 15) is 14.4 Å². The van der Waals surface area contributed by atoms with Gasteiger partial charge in [-0.05, 0) is 66.8 Å². The van der Waals surface area contributed by atoms with Crippen molar-refractivity contribution >= 4 is 58.4 Å². The SMILES string of the molecule is CC(C)(C)[C@H]1CC[C@H](N(Cc2ccc(C(=O)NCCC(=O)O)cc2)C(=O)Nc2cc(Cl)c(Cl)c(Cl)c2)CC1. The van der Waals surface area contributed by atoms with Gasteiger partial charge >= 0.3 is 12.0 Å². The van der Waals surface area contributed by atoms with Gasteiger partial charge in [-0.1, -0.05) is 67.7 Å². The monoisotopic (exact) mass is 581 g/mol. The van der Waals surface area contributed by atoms with Gasteiger partial charge in [0.1, 0.15) is 0 Å². The number of carbonyl (C=O) groups is 3. The predicted molar refractivity (Wildman–Crippen MR) is 152 cm³/mol. The van der Waals surface area contributed by atoms with E-state index in [-0.39, 0.29) is 51.4 Å². The van der Waals surface area contributed by atoms with E-state index in [4.69, 9.17) is 39.9 Å². The normalized spacial score (nSPS) is 17.5. The van der Waals surface area contributed by atoms with Crippen LogP contribution in [-0.2, 0) is 11.3 Å². The van der Waals surface area contributed by atoms with Crippen LogP contribution in [0.5, 0.6) is 0 Å². The van der Waals surface area contributed by atoms with Gasteiger partial charge in [-0.3, -0.25) is 9.59 Å². The van der Waals surface area contributed by atoms with Crippen LogP contribution >= 0.6 is 34.8 Å². The van der Waals surface area contributed by atoms with Crippen LogP contribution in [-0.4, -0.2) is 40.5 Å². The number of hydrogen-bond donors (Lipinski definition) is 3. The third kappa shape index (κ3) is 8.26. The highest BCUT2D eigenvalue weighted by molar-refractivity contribution is 6.48. The van der Waals surface area contributed by atoms with Crippen molar-refractivity contribution in [2.24, 2.45) is 11.3 Å². The molecule has 0 saturated heterocycles. The van der Waals surface area contributed by atoms with Crippen LogP contribution in [0.25, 0.3) is 0 Å². The highest BCUT2D eigenvalue weighted by Crippen LogP contribution is 2.39. The molecular formula is C28H34Cl3N3O4. The van der Waals surface area contributed by atoms with Crippen LogP contribution in [0.4, 0.5) is 10.5 Å². The van der Waals surface area contributed by atoms with Crippen LogP contribution in [0.1, 0.15) is 68.8 Å². The van der Waals surface area contributed by atoms with Crippen molar-refractivity contribution < 1.29 is 19.5 Å². The number of hydrogen-bond acceptors (Lipinski definition) is 3. The first kappa shape index (κ1) is 30.1. The summed E-state index contributed by atoms with van der Waals surface area (Å²) in [4.78, 5) is 38.3. The van der Waals surface area contributed by atoms with Crippen molar-refractivity contribution in [2.75, 3.05) is 11.9 Å². The fraction of sp³-hybridized carbons (Fsp3) is 0.464. The predicted octanol–water partition coefficient (Wildman–Crippen LogP) is 7.49. The maximum Gasteiger partial charge on any atom is 0.322 e. The molecule has 0 radical (unpaired) electrons. The van der Waals surface area contributed by atoms with Crippen LogP contribution < -0.4 is 10.6 Å². The molecule has 10 heteroatoms. The molecule has 1 fully saturated rings. The minimum absolute atomic E-state index is 0.0471. The van der Waals surface area contributed by atoms with Gasteiger partial charge in [-0.25, -0.2) is 4.79 Å². The smallest absolute Gasteiger partial charge is 0.322 e. The third-order valence-electron chi connectivity index (χ3n) is 7.05. The number of aliphatic carboxylic acids is 1. The minimum atomic E-state index is -0.973. The number of carboxylic acids is 1. The number of carboxylic acid groups (broad SMARTS) is 1. The van der Waals surface area contributed by atoms with Crippen molar-refractivity contribution in [3.05, 3.63) is 62.6 Å². The Kier molecular flexibility index (Phi) is 10.3. The molecule has 0 atom stereocenters. The molecule has 3 amide bonds. The Morgan fingerprint density at radius 1 is 0.974 bits per heavy atom. The molecule has 38 heavy (non-hydrogen) atoms. The van der Waals surface area contributed by atoms with Crippen molar-refractivity contribution in [1.82, 2.24) is 10.2 Å². The lowest BCUT2D eigenvalue weighted by atomic mass is 9.71. The maximum atomic E-state index is 13.5. The lowest BCUT2D eigenvalue weighted by Gasteiger charge is -2.41. The van der Waals surface area contributed by atoms with Gasteiger partial charge in [0.05, 0.1) is 21.5 Å². The molecule has 7 nitrogen and oxygen atoms in total. The van der Waals surface area contributed by atoms with Gasteiger partial charge < -0.3 is 20.6 Å². The number of urea groups is 1. The number of nitrogens with zero attached hydrogens (tertiary/aromatic N) is 1. The molecule has 206 valence electrons. The molecule has 0 unspecified atom stereocenters. The summed E-state index contributed by atoms with van der Waals surface area (Å²) in [5.41, 5.74) is 1.96. The average molecular weight is 583 g/mol. The Morgan fingerprint density at radius 3 is 2.08 bits per heavy atom. The van der Waals surface area contributed by atoms with E-state index in [1.165, 1.54) is 0 Å². The first-order valence-corrected chi connectivity index (χ1v) is 13.8. The number of nitrogens with one attached hydrogen (secondary N) is 2. The minimum Gasteiger partial charge on any atom is -0.481 e. The van der Waals surface area contributed by atoms with E-state index in [2.05, 4.69) is 31.4 Å². The Hall–Kier alpha value is -2.48. The van der Waals surface area contributed by atoms with Crippen LogP contribution in [0.2, 0.25) is 15.1 Å². The summed E-state index contributed by atoms with van der Waals surface area (Å²) in [7, 11) is 0. The summed E-state index contributed by atoms with van der Waals surface area (Å²) in [5.74, 6) is -0.723. The Bertz CT molecular complexity index is 1130. The average Bonchev–Trinajstić information content (AvgIpc) is 2.85. The van der Waals surface area contributed by atoms with E-state index >= 15 is 0 Å². The van der Waals surface area contributed by atoms with Gasteiger partial charge in [-0.2, -0.15) is 0 Å². The molecule has 0 bridgehead atoms. The highest BCUT2D eigenvalue weighted by atomic mass is 35.5. The van der Waals surface area contributed by atoms with Gasteiger partial charge in [0, 0.05) is 30.4 Å². The molecule has 2 aromatic rings. The molecule has 0 heterocycles. The van der Waals surface area contributed by atoms with Gasteiger partial charge in [-0.15, -0.1) is 0 Å². The fourth-order valence-corrected chi connectivity index (χ4v) is 5.38. The molecular weight excluding hydrogens is 549 g/mol. The molecule has 3 N–H and O–H groups in total. The van der Waals surface area contributed by atoms with Crippen LogP contribution in [0.15, 0.2) is 36.4 Å². The number of benzene rings is 2. The van der Waals surface area contributed by atoms with Crippen molar-refractivity contribution in [1.29, 1.82) is 0 Å². The number of halogens is 3. The van der Waals surface area contributed by atoms with Gasteiger partial charge in [0.25, 0.3) is 5.91 Å². The topological polar surface area (TPSA) is 98.7 Å². The standard InChI is InChI=1S/C28H34Cl3N3O4/c1-28(2,3)19-8-10-21(11-9-19)34(27(38)33-20-14-22(29)25(31)23(30)15-20)16-17-4-6-18(7-5-17)26(37)32-13-12-24(35)36/h4-7,14-15,19,21H,8-13,16H2,1-3H3,(H,32,37)(H,33,38)(H,35,36)/t19-,21-. The lowest BCUT2D eigenvalue weighted by Crippen LogP contribution is -2.45. The summed E-state index contributed by atoms with van der Waals surface area (Å²) in [6.45, 7) is 7.19. The summed E-state index contributed by atoms with van der Waals surface area (Å²) in [6, 6.07) is 9.89. The summed E-state index contributed by atoms with van der Waals surface area (Å²) in [6.07, 6.45) is 3.70. The van der Waals surface area contributed by atoms with Crippen LogP contribution in [0, 0.1) is 11.3 Å². The molecule has 3 rings (SSSR count).